The van der Waals surface area contributed by atoms with Crippen LogP contribution < -0.4 is 0 Å². The first kappa shape index (κ1) is 11.3. The molecule has 3 heterocycles. The second kappa shape index (κ2) is 5.23. The van der Waals surface area contributed by atoms with Crippen molar-refractivity contribution < 1.29 is 0 Å². The first-order valence-electron chi connectivity index (χ1n) is 6.00. The van der Waals surface area contributed by atoms with E-state index in [1.165, 1.54) is 0 Å². The summed E-state index contributed by atoms with van der Waals surface area (Å²) in [6.45, 7) is 4.67. The smallest absolute Gasteiger partial charge is 0.137 e. The van der Waals surface area contributed by atoms with Crippen molar-refractivity contribution in [3.8, 4) is 0 Å². The molecule has 8 heteroatoms. The molecule has 0 aromatic carbocycles. The summed E-state index contributed by atoms with van der Waals surface area (Å²) < 4.78 is 3.69. The maximum atomic E-state index is 4.13. The average molecular weight is 248 g/mol. The van der Waals surface area contributed by atoms with Gasteiger partial charge in [0.25, 0.3) is 0 Å². The van der Waals surface area contributed by atoms with Gasteiger partial charge in [-0.3, -0.25) is 9.80 Å². The Morgan fingerprint density at radius 2 is 1.39 bits per heavy atom. The van der Waals surface area contributed by atoms with E-state index in [4.69, 9.17) is 0 Å². The minimum Gasteiger partial charge on any atom is -0.271 e. The molecule has 1 aliphatic rings. The van der Waals surface area contributed by atoms with Crippen molar-refractivity contribution in [2.24, 2.45) is 0 Å². The molecule has 0 radical (unpaired) electrons. The Bertz CT molecular complexity index is 408. The highest BCUT2D eigenvalue weighted by Gasteiger charge is 2.17. The van der Waals surface area contributed by atoms with Crippen LogP contribution >= 0.6 is 0 Å². The standard InChI is InChI=1S/C10H16N8/c1-2-15(9-17-6-11-4-13-17)8-16(3-1)10-18-7-12-5-14-18/h4-7H,1-3,8-10H2. The lowest BCUT2D eigenvalue weighted by Gasteiger charge is -2.34. The highest BCUT2D eigenvalue weighted by atomic mass is 15.5. The van der Waals surface area contributed by atoms with Crippen LogP contribution in [0, 0.1) is 0 Å². The second-order valence-corrected chi connectivity index (χ2v) is 4.44. The van der Waals surface area contributed by atoms with E-state index >= 15 is 0 Å². The van der Waals surface area contributed by atoms with E-state index in [1.54, 1.807) is 25.3 Å². The van der Waals surface area contributed by atoms with Gasteiger partial charge in [-0.2, -0.15) is 10.2 Å². The van der Waals surface area contributed by atoms with Crippen molar-refractivity contribution in [2.75, 3.05) is 19.8 Å². The number of hydrogen-bond donors (Lipinski definition) is 0. The van der Waals surface area contributed by atoms with Crippen LogP contribution in [0.4, 0.5) is 0 Å². The Morgan fingerprint density at radius 3 is 1.83 bits per heavy atom. The van der Waals surface area contributed by atoms with Crippen LogP contribution in [0.2, 0.25) is 0 Å². The third-order valence-electron chi connectivity index (χ3n) is 2.97. The maximum absolute atomic E-state index is 4.13. The van der Waals surface area contributed by atoms with Crippen LogP contribution in [-0.2, 0) is 13.3 Å². The van der Waals surface area contributed by atoms with Gasteiger partial charge in [-0.25, -0.2) is 19.3 Å². The largest absolute Gasteiger partial charge is 0.271 e. The molecule has 0 N–H and O–H groups in total. The molecule has 18 heavy (non-hydrogen) atoms. The number of rotatable bonds is 4. The highest BCUT2D eigenvalue weighted by molar-refractivity contribution is 4.67. The van der Waals surface area contributed by atoms with E-state index in [9.17, 15) is 0 Å². The van der Waals surface area contributed by atoms with Crippen LogP contribution in [0.3, 0.4) is 0 Å². The van der Waals surface area contributed by atoms with Crippen LogP contribution in [0.25, 0.3) is 0 Å². The zero-order valence-corrected chi connectivity index (χ0v) is 10.1. The van der Waals surface area contributed by atoms with E-state index in [2.05, 4.69) is 30.0 Å². The number of hydrogen-bond acceptors (Lipinski definition) is 6. The summed E-state index contributed by atoms with van der Waals surface area (Å²) in [6.07, 6.45) is 7.78. The van der Waals surface area contributed by atoms with Gasteiger partial charge in [0.15, 0.2) is 0 Å². The molecule has 96 valence electrons. The first-order chi connectivity index (χ1) is 8.90. The minimum atomic E-state index is 0.786. The van der Waals surface area contributed by atoms with Gasteiger partial charge in [0.05, 0.1) is 20.0 Å². The summed E-state index contributed by atoms with van der Waals surface area (Å²) in [6, 6.07) is 0. The van der Waals surface area contributed by atoms with Gasteiger partial charge in [-0.1, -0.05) is 0 Å². The maximum Gasteiger partial charge on any atom is 0.137 e. The molecule has 0 spiro atoms. The number of aromatic nitrogens is 6. The molecule has 8 nitrogen and oxygen atoms in total. The predicted octanol–water partition coefficient (Wildman–Crippen LogP) is -0.550. The fraction of sp³-hybridized carbons (Fsp3) is 0.600. The Morgan fingerprint density at radius 1 is 0.833 bits per heavy atom. The molecule has 0 atom stereocenters. The van der Waals surface area contributed by atoms with E-state index in [-0.39, 0.29) is 0 Å². The molecule has 0 unspecified atom stereocenters. The summed E-state index contributed by atoms with van der Waals surface area (Å²) in [5.41, 5.74) is 0. The van der Waals surface area contributed by atoms with Crippen molar-refractivity contribution in [3.63, 3.8) is 0 Å². The lowest BCUT2D eigenvalue weighted by Crippen LogP contribution is -2.45. The zero-order chi connectivity index (χ0) is 12.2. The monoisotopic (exact) mass is 248 g/mol. The molecule has 0 aliphatic carbocycles. The van der Waals surface area contributed by atoms with E-state index in [0.29, 0.717) is 0 Å². The summed E-state index contributed by atoms with van der Waals surface area (Å²) in [5, 5.41) is 8.26. The molecule has 0 amide bonds. The fourth-order valence-electron chi connectivity index (χ4n) is 2.19. The normalized spacial score (nSPS) is 18.2. The quantitative estimate of drug-likeness (QED) is 0.723. The molecule has 1 saturated heterocycles. The molecule has 2 aromatic rings. The topological polar surface area (TPSA) is 67.9 Å². The van der Waals surface area contributed by atoms with Crippen molar-refractivity contribution in [2.45, 2.75) is 19.8 Å². The van der Waals surface area contributed by atoms with Gasteiger partial charge in [-0.15, -0.1) is 0 Å². The van der Waals surface area contributed by atoms with Crippen LogP contribution in [0.5, 0.6) is 0 Å². The molecular formula is C10H16N8. The third-order valence-corrected chi connectivity index (χ3v) is 2.97. The minimum absolute atomic E-state index is 0.786. The highest BCUT2D eigenvalue weighted by Crippen LogP contribution is 2.07. The Kier molecular flexibility index (Phi) is 3.29. The van der Waals surface area contributed by atoms with Gasteiger partial charge < -0.3 is 0 Å². The van der Waals surface area contributed by atoms with E-state index in [1.807, 2.05) is 9.36 Å². The molecule has 2 aromatic heterocycles. The average Bonchev–Trinajstić information content (AvgIpc) is 3.03. The van der Waals surface area contributed by atoms with Gasteiger partial charge >= 0.3 is 0 Å². The predicted molar refractivity (Wildman–Crippen MR) is 62.9 cm³/mol. The SMILES string of the molecule is c1ncn(CN2CCCN(Cn3cncn3)C2)n1. The molecule has 1 fully saturated rings. The Labute approximate surface area is 105 Å². The van der Waals surface area contributed by atoms with Crippen molar-refractivity contribution >= 4 is 0 Å². The van der Waals surface area contributed by atoms with Gasteiger partial charge in [0.1, 0.15) is 25.3 Å². The van der Waals surface area contributed by atoms with Crippen molar-refractivity contribution in [1.82, 2.24) is 39.3 Å². The Hall–Kier alpha value is -1.80. The van der Waals surface area contributed by atoms with Crippen molar-refractivity contribution in [3.05, 3.63) is 25.3 Å². The van der Waals surface area contributed by atoms with Crippen LogP contribution in [-0.4, -0.2) is 59.1 Å². The first-order valence-corrected chi connectivity index (χ1v) is 6.00. The van der Waals surface area contributed by atoms with Crippen LogP contribution in [0.1, 0.15) is 6.42 Å². The molecular weight excluding hydrogens is 232 g/mol. The summed E-state index contributed by atoms with van der Waals surface area (Å²) in [7, 11) is 0. The molecule has 0 bridgehead atoms. The summed E-state index contributed by atoms with van der Waals surface area (Å²) in [5.74, 6) is 0. The zero-order valence-electron chi connectivity index (χ0n) is 10.1. The summed E-state index contributed by atoms with van der Waals surface area (Å²) in [4.78, 5) is 12.6. The lowest BCUT2D eigenvalue weighted by atomic mass is 10.3. The van der Waals surface area contributed by atoms with Crippen molar-refractivity contribution in [1.29, 1.82) is 0 Å². The molecule has 0 saturated carbocycles. The third kappa shape index (κ3) is 2.71. The van der Waals surface area contributed by atoms with Gasteiger partial charge in [0.2, 0.25) is 0 Å². The van der Waals surface area contributed by atoms with E-state index < -0.39 is 0 Å². The van der Waals surface area contributed by atoms with Crippen LogP contribution in [0.15, 0.2) is 25.3 Å². The number of nitrogens with zero attached hydrogens (tertiary/aromatic N) is 8. The van der Waals surface area contributed by atoms with Gasteiger partial charge in [0, 0.05) is 13.1 Å². The Balaban J connectivity index is 1.55. The van der Waals surface area contributed by atoms with E-state index in [0.717, 1.165) is 39.5 Å². The lowest BCUT2D eigenvalue weighted by molar-refractivity contribution is 0.0358. The van der Waals surface area contributed by atoms with Gasteiger partial charge in [-0.05, 0) is 6.42 Å². The fourth-order valence-corrected chi connectivity index (χ4v) is 2.19. The molecule has 1 aliphatic heterocycles. The molecule has 3 rings (SSSR count). The summed E-state index contributed by atoms with van der Waals surface area (Å²) >= 11 is 0. The second-order valence-electron chi connectivity index (χ2n) is 4.44.